The predicted octanol–water partition coefficient (Wildman–Crippen LogP) is 10.9. The van der Waals surface area contributed by atoms with Gasteiger partial charge in [0.25, 0.3) is 0 Å². The van der Waals surface area contributed by atoms with Crippen molar-refractivity contribution in [3.05, 3.63) is 205 Å². The molecule has 10 rings (SSSR count). The maximum atomic E-state index is 16.1. The Morgan fingerprint density at radius 1 is 0.396 bits per heavy atom. The fourth-order valence-corrected chi connectivity index (χ4v) is 11.0. The fraction of sp³-hybridized carbons (Fsp3) is 0. The molecule has 0 N–H and O–H groups in total. The van der Waals surface area contributed by atoms with Crippen LogP contribution in [0.3, 0.4) is 0 Å². The van der Waals surface area contributed by atoms with Crippen molar-refractivity contribution in [2.45, 2.75) is 0 Å². The van der Waals surface area contributed by atoms with E-state index in [1.165, 1.54) is 0 Å². The van der Waals surface area contributed by atoms with Crippen LogP contribution in [0.15, 0.2) is 188 Å². The highest BCUT2D eigenvalue weighted by Gasteiger charge is 2.46. The molecular weight excluding hydrogens is 668 g/mol. The highest BCUT2D eigenvalue weighted by Crippen LogP contribution is 2.68. The van der Waals surface area contributed by atoms with Gasteiger partial charge in [0.15, 0.2) is 18.8 Å². The number of fused-ring (bicyclic) bond motifs is 6. The minimum Gasteiger partial charge on any atom is -0.309 e. The van der Waals surface area contributed by atoms with Gasteiger partial charge in [-0.25, -0.2) is 4.98 Å². The van der Waals surface area contributed by atoms with Crippen LogP contribution in [0.2, 0.25) is 0 Å². The summed E-state index contributed by atoms with van der Waals surface area (Å²) in [5.74, 6) is 1.61. The molecule has 8 aromatic rings. The van der Waals surface area contributed by atoms with Crippen LogP contribution in [0.4, 0.5) is 17.3 Å². The Balaban J connectivity index is 1.23. The molecule has 0 saturated heterocycles. The number of anilines is 3. The molecule has 53 heavy (non-hydrogen) atoms. The van der Waals surface area contributed by atoms with E-state index in [1.807, 2.05) is 115 Å². The van der Waals surface area contributed by atoms with E-state index < -0.39 is 7.14 Å². The summed E-state index contributed by atoms with van der Waals surface area (Å²) < 4.78 is 16.1. The average molecular weight is 699 g/mol. The lowest BCUT2D eigenvalue weighted by Gasteiger charge is -2.27. The maximum Gasteiger partial charge on any atom is 0.238 e. The minimum absolute atomic E-state index is 0.477. The molecule has 1 unspecified atom stereocenters. The first-order valence-corrected chi connectivity index (χ1v) is 19.4. The zero-order valence-electron chi connectivity index (χ0n) is 28.5. The smallest absolute Gasteiger partial charge is 0.238 e. The van der Waals surface area contributed by atoms with Crippen LogP contribution >= 0.6 is 7.14 Å². The van der Waals surface area contributed by atoms with Gasteiger partial charge in [0.05, 0.1) is 11.4 Å². The van der Waals surface area contributed by atoms with Gasteiger partial charge in [0, 0.05) is 43.8 Å². The molecule has 5 nitrogen and oxygen atoms in total. The number of aromatic nitrogens is 3. The summed E-state index contributed by atoms with van der Waals surface area (Å²) in [5, 5.41) is 2.51. The van der Waals surface area contributed by atoms with Crippen molar-refractivity contribution in [2.24, 2.45) is 0 Å². The SMILES string of the molecule is O=P1(c2ccccc2)C2=C(c3ccccc3N(c3nc(-c4ccccc4)nc(-c4ccc(-c5ccccc5)cc4)n3)c3ccccc32)c2ccccc21. The van der Waals surface area contributed by atoms with E-state index in [9.17, 15) is 0 Å². The molecule has 0 bridgehead atoms. The normalized spacial score (nSPS) is 15.6. The summed E-state index contributed by atoms with van der Waals surface area (Å²) >= 11 is 0. The van der Waals surface area contributed by atoms with Gasteiger partial charge in [-0.1, -0.05) is 176 Å². The molecule has 0 fully saturated rings. The third-order valence-electron chi connectivity index (χ3n) is 10.1. The highest BCUT2D eigenvalue weighted by atomic mass is 31.2. The van der Waals surface area contributed by atoms with Gasteiger partial charge in [0.2, 0.25) is 5.95 Å². The Kier molecular flexibility index (Phi) is 7.34. The Bertz CT molecular complexity index is 2750. The Hall–Kier alpha value is -6.68. The molecule has 1 atom stereocenters. The minimum atomic E-state index is -3.32. The van der Waals surface area contributed by atoms with Crippen molar-refractivity contribution in [3.8, 4) is 33.9 Å². The van der Waals surface area contributed by atoms with Crippen LogP contribution in [-0.2, 0) is 4.57 Å². The summed E-state index contributed by atoms with van der Waals surface area (Å²) in [6, 6.07) is 63.4. The number of benzene rings is 7. The lowest BCUT2D eigenvalue weighted by atomic mass is 9.95. The van der Waals surface area contributed by atoms with Crippen LogP contribution in [0.1, 0.15) is 16.7 Å². The van der Waals surface area contributed by atoms with Crippen molar-refractivity contribution >= 4 is 46.0 Å². The van der Waals surface area contributed by atoms with Crippen molar-refractivity contribution in [3.63, 3.8) is 0 Å². The molecule has 6 heteroatoms. The Morgan fingerprint density at radius 3 is 1.51 bits per heavy atom. The number of hydrogen-bond acceptors (Lipinski definition) is 5. The molecule has 7 aromatic carbocycles. The van der Waals surface area contributed by atoms with Gasteiger partial charge in [-0.2, -0.15) is 9.97 Å². The molecule has 0 aliphatic carbocycles. The third kappa shape index (κ3) is 5.01. The standard InChI is InChI=1S/C47H31N4OP/c52-53(36-20-8-3-9-21-36)42-27-15-12-24-39(42)43-37-22-10-13-25-40(37)51(41-26-14-11-23-38(41)44(43)53)47-49-45(34-18-6-2-7-19-34)48-46(50-47)35-30-28-33(29-31-35)32-16-4-1-5-17-32/h1-31H. The summed E-state index contributed by atoms with van der Waals surface area (Å²) in [6.07, 6.45) is 0. The van der Waals surface area contributed by atoms with E-state index >= 15 is 4.57 Å². The van der Waals surface area contributed by atoms with Gasteiger partial charge < -0.3 is 4.57 Å². The summed E-state index contributed by atoms with van der Waals surface area (Å²) in [6.45, 7) is 0. The zero-order valence-corrected chi connectivity index (χ0v) is 29.4. The molecule has 2 aliphatic rings. The van der Waals surface area contributed by atoms with Gasteiger partial charge in [0.1, 0.15) is 0 Å². The van der Waals surface area contributed by atoms with E-state index in [-0.39, 0.29) is 0 Å². The predicted molar refractivity (Wildman–Crippen MR) is 216 cm³/mol. The third-order valence-corrected chi connectivity index (χ3v) is 13.3. The van der Waals surface area contributed by atoms with Gasteiger partial charge in [-0.05, 0) is 28.8 Å². The monoisotopic (exact) mass is 698 g/mol. The quantitative estimate of drug-likeness (QED) is 0.168. The molecule has 0 spiro atoms. The Labute approximate surface area is 308 Å². The van der Waals surface area contributed by atoms with Gasteiger partial charge >= 0.3 is 0 Å². The molecule has 0 radical (unpaired) electrons. The first kappa shape index (κ1) is 31.1. The maximum absolute atomic E-state index is 16.1. The van der Waals surface area contributed by atoms with Gasteiger partial charge in [-0.3, -0.25) is 4.90 Å². The number of nitrogens with zero attached hydrogens (tertiary/aromatic N) is 4. The van der Waals surface area contributed by atoms with E-state index in [4.69, 9.17) is 15.0 Å². The number of para-hydroxylation sites is 2. The number of rotatable bonds is 5. The van der Waals surface area contributed by atoms with Crippen molar-refractivity contribution in [1.29, 1.82) is 0 Å². The highest BCUT2D eigenvalue weighted by molar-refractivity contribution is 7.88. The van der Waals surface area contributed by atoms with E-state index in [1.54, 1.807) is 0 Å². The molecule has 0 saturated carbocycles. The lowest BCUT2D eigenvalue weighted by Crippen LogP contribution is -2.19. The molecule has 250 valence electrons. The van der Waals surface area contributed by atoms with E-state index in [2.05, 4.69) is 77.7 Å². The first-order valence-electron chi connectivity index (χ1n) is 17.7. The van der Waals surface area contributed by atoms with Crippen LogP contribution in [-0.4, -0.2) is 15.0 Å². The second-order valence-electron chi connectivity index (χ2n) is 13.1. The summed E-state index contributed by atoms with van der Waals surface area (Å²) in [5.41, 5.74) is 9.60. The fourth-order valence-electron chi connectivity index (χ4n) is 7.69. The van der Waals surface area contributed by atoms with E-state index in [0.29, 0.717) is 17.6 Å². The summed E-state index contributed by atoms with van der Waals surface area (Å²) in [7, 11) is -3.32. The van der Waals surface area contributed by atoms with Crippen molar-refractivity contribution < 1.29 is 4.57 Å². The molecule has 1 aromatic heterocycles. The van der Waals surface area contributed by atoms with Crippen molar-refractivity contribution in [1.82, 2.24) is 15.0 Å². The number of hydrogen-bond donors (Lipinski definition) is 0. The first-order chi connectivity index (χ1) is 26.2. The summed E-state index contributed by atoms with van der Waals surface area (Å²) in [4.78, 5) is 17.6. The van der Waals surface area contributed by atoms with E-state index in [0.717, 1.165) is 71.8 Å². The largest absolute Gasteiger partial charge is 0.309 e. The van der Waals surface area contributed by atoms with Crippen molar-refractivity contribution in [2.75, 3.05) is 4.90 Å². The lowest BCUT2D eigenvalue weighted by molar-refractivity contribution is 0.593. The Morgan fingerprint density at radius 2 is 0.849 bits per heavy atom. The molecular formula is C47H31N4OP. The van der Waals surface area contributed by atoms with Crippen LogP contribution < -0.4 is 15.5 Å². The second kappa shape index (κ2) is 12.5. The topological polar surface area (TPSA) is 59.0 Å². The molecule has 3 heterocycles. The van der Waals surface area contributed by atoms with Gasteiger partial charge in [-0.15, -0.1) is 0 Å². The average Bonchev–Trinajstić information content (AvgIpc) is 3.42. The zero-order chi connectivity index (χ0) is 35.4. The molecule has 2 aliphatic heterocycles. The van der Waals surface area contributed by atoms with Crippen LogP contribution in [0, 0.1) is 0 Å². The second-order valence-corrected chi connectivity index (χ2v) is 15.8. The van der Waals surface area contributed by atoms with Crippen LogP contribution in [0.5, 0.6) is 0 Å². The van der Waals surface area contributed by atoms with Crippen LogP contribution in [0.25, 0.3) is 44.8 Å². The molecule has 0 amide bonds.